The molecule has 0 bridgehead atoms. The Morgan fingerprint density at radius 2 is 2.15 bits per heavy atom. The van der Waals surface area contributed by atoms with Gasteiger partial charge in [-0.2, -0.15) is 0 Å². The van der Waals surface area contributed by atoms with E-state index in [4.69, 9.17) is 14.2 Å². The van der Waals surface area contributed by atoms with Crippen molar-refractivity contribution in [1.29, 1.82) is 0 Å². The summed E-state index contributed by atoms with van der Waals surface area (Å²) in [5, 5.41) is 2.99. The van der Waals surface area contributed by atoms with Crippen molar-refractivity contribution in [1.82, 2.24) is 5.32 Å². The second kappa shape index (κ2) is 8.80. The summed E-state index contributed by atoms with van der Waals surface area (Å²) in [7, 11) is 1.64. The number of methoxy groups -OCH3 is 1. The second-order valence-electron chi connectivity index (χ2n) is 6.76. The van der Waals surface area contributed by atoms with Crippen LogP contribution in [0.4, 0.5) is 0 Å². The average molecular weight is 369 g/mol. The highest BCUT2D eigenvalue weighted by Crippen LogP contribution is 2.35. The van der Waals surface area contributed by atoms with Gasteiger partial charge in [0.15, 0.2) is 0 Å². The largest absolute Gasteiger partial charge is 0.497 e. The van der Waals surface area contributed by atoms with Gasteiger partial charge in [-0.3, -0.25) is 4.79 Å². The van der Waals surface area contributed by atoms with Gasteiger partial charge in [-0.25, -0.2) is 0 Å². The van der Waals surface area contributed by atoms with Gasteiger partial charge < -0.3 is 19.5 Å². The molecule has 2 aromatic carbocycles. The number of hydrogen-bond donors (Lipinski definition) is 1. The molecular formula is C22H27NO4. The van der Waals surface area contributed by atoms with Crippen LogP contribution in [-0.4, -0.2) is 25.7 Å². The van der Waals surface area contributed by atoms with Gasteiger partial charge in [-0.05, 0) is 50.1 Å². The molecule has 0 saturated heterocycles. The highest BCUT2D eigenvalue weighted by molar-refractivity contribution is 5.76. The Hall–Kier alpha value is -2.69. The first-order valence-electron chi connectivity index (χ1n) is 9.44. The lowest BCUT2D eigenvalue weighted by molar-refractivity contribution is -0.121. The van der Waals surface area contributed by atoms with Crippen LogP contribution in [0.2, 0.25) is 0 Å². The molecule has 0 aliphatic carbocycles. The van der Waals surface area contributed by atoms with E-state index in [0.29, 0.717) is 26.0 Å². The topological polar surface area (TPSA) is 56.8 Å². The summed E-state index contributed by atoms with van der Waals surface area (Å²) >= 11 is 0. The van der Waals surface area contributed by atoms with Crippen molar-refractivity contribution in [3.63, 3.8) is 0 Å². The number of amides is 1. The Morgan fingerprint density at radius 1 is 1.30 bits per heavy atom. The first-order chi connectivity index (χ1) is 13.1. The number of rotatable bonds is 8. The maximum absolute atomic E-state index is 12.3. The number of carbonyl (C=O) groups is 1. The van der Waals surface area contributed by atoms with E-state index in [-0.39, 0.29) is 12.0 Å². The van der Waals surface area contributed by atoms with Gasteiger partial charge in [0, 0.05) is 30.5 Å². The van der Waals surface area contributed by atoms with Crippen LogP contribution in [0.3, 0.4) is 0 Å². The van der Waals surface area contributed by atoms with E-state index in [0.717, 1.165) is 34.8 Å². The fourth-order valence-corrected chi connectivity index (χ4v) is 3.28. The lowest BCUT2D eigenvalue weighted by atomic mass is 10.1. The molecule has 0 saturated carbocycles. The third kappa shape index (κ3) is 4.94. The van der Waals surface area contributed by atoms with E-state index in [1.165, 1.54) is 5.56 Å². The van der Waals surface area contributed by atoms with E-state index in [9.17, 15) is 4.79 Å². The molecule has 5 nitrogen and oxygen atoms in total. The molecule has 1 aliphatic heterocycles. The van der Waals surface area contributed by atoms with Crippen molar-refractivity contribution in [3.05, 3.63) is 53.1 Å². The Bertz CT molecular complexity index is 803. The van der Waals surface area contributed by atoms with E-state index in [2.05, 4.69) is 12.2 Å². The maximum atomic E-state index is 12.3. The minimum absolute atomic E-state index is 0.00931. The van der Waals surface area contributed by atoms with Gasteiger partial charge in [0.2, 0.25) is 5.91 Å². The van der Waals surface area contributed by atoms with Crippen LogP contribution < -0.4 is 19.5 Å². The normalized spacial score (nSPS) is 15.0. The Balaban J connectivity index is 1.58. The average Bonchev–Trinajstić information content (AvgIpc) is 3.03. The van der Waals surface area contributed by atoms with Crippen molar-refractivity contribution in [3.8, 4) is 17.2 Å². The maximum Gasteiger partial charge on any atom is 0.220 e. The minimum atomic E-state index is 0.00931. The molecule has 1 aliphatic rings. The molecule has 0 fully saturated rings. The molecule has 1 N–H and O–H groups in total. The first kappa shape index (κ1) is 19.1. The van der Waals surface area contributed by atoms with Gasteiger partial charge in [-0.1, -0.05) is 12.1 Å². The molecule has 2 aromatic rings. The SMILES string of the molecule is CCOc1cc2c(cc1CNC(=O)CCc1cccc(OC)c1)OC(C)C2. The first-order valence-corrected chi connectivity index (χ1v) is 9.44. The van der Waals surface area contributed by atoms with E-state index >= 15 is 0 Å². The molecular weight excluding hydrogens is 342 g/mol. The van der Waals surface area contributed by atoms with Gasteiger partial charge in [0.05, 0.1) is 13.7 Å². The minimum Gasteiger partial charge on any atom is -0.497 e. The summed E-state index contributed by atoms with van der Waals surface area (Å²) in [5.41, 5.74) is 3.19. The lowest BCUT2D eigenvalue weighted by Gasteiger charge is -2.13. The van der Waals surface area contributed by atoms with Crippen molar-refractivity contribution in [2.75, 3.05) is 13.7 Å². The highest BCUT2D eigenvalue weighted by Gasteiger charge is 2.22. The predicted octanol–water partition coefficient (Wildman–Crippen LogP) is 3.67. The summed E-state index contributed by atoms with van der Waals surface area (Å²) in [4.78, 5) is 12.3. The zero-order chi connectivity index (χ0) is 19.2. The Labute approximate surface area is 160 Å². The van der Waals surface area contributed by atoms with Crippen LogP contribution in [0.15, 0.2) is 36.4 Å². The van der Waals surface area contributed by atoms with Crippen LogP contribution in [0.25, 0.3) is 0 Å². The van der Waals surface area contributed by atoms with Crippen LogP contribution >= 0.6 is 0 Å². The van der Waals surface area contributed by atoms with Crippen LogP contribution in [0, 0.1) is 0 Å². The predicted molar refractivity (Wildman–Crippen MR) is 105 cm³/mol. The quantitative estimate of drug-likeness (QED) is 0.771. The summed E-state index contributed by atoms with van der Waals surface area (Å²) < 4.78 is 16.8. The molecule has 1 unspecified atom stereocenters. The van der Waals surface area contributed by atoms with Gasteiger partial charge >= 0.3 is 0 Å². The summed E-state index contributed by atoms with van der Waals surface area (Å²) in [6.45, 7) is 5.03. The molecule has 0 spiro atoms. The third-order valence-corrected chi connectivity index (χ3v) is 4.63. The third-order valence-electron chi connectivity index (χ3n) is 4.63. The van der Waals surface area contributed by atoms with Crippen molar-refractivity contribution < 1.29 is 19.0 Å². The zero-order valence-electron chi connectivity index (χ0n) is 16.2. The van der Waals surface area contributed by atoms with Crippen LogP contribution in [0.1, 0.15) is 37.0 Å². The fraction of sp³-hybridized carbons (Fsp3) is 0.409. The number of nitrogens with one attached hydrogen (secondary N) is 1. The lowest BCUT2D eigenvalue weighted by Crippen LogP contribution is -2.23. The number of aryl methyl sites for hydroxylation is 1. The van der Waals surface area contributed by atoms with Gasteiger partial charge in [-0.15, -0.1) is 0 Å². The van der Waals surface area contributed by atoms with E-state index < -0.39 is 0 Å². The fourth-order valence-electron chi connectivity index (χ4n) is 3.28. The molecule has 1 amide bonds. The molecule has 27 heavy (non-hydrogen) atoms. The smallest absolute Gasteiger partial charge is 0.220 e. The Kier molecular flexibility index (Phi) is 6.22. The molecule has 0 aromatic heterocycles. The highest BCUT2D eigenvalue weighted by atomic mass is 16.5. The number of benzene rings is 2. The number of fused-ring (bicyclic) bond motifs is 1. The molecule has 1 atom stereocenters. The molecule has 5 heteroatoms. The van der Waals surface area contributed by atoms with Crippen LogP contribution in [-0.2, 0) is 24.2 Å². The van der Waals surface area contributed by atoms with Crippen LogP contribution in [0.5, 0.6) is 17.2 Å². The van der Waals surface area contributed by atoms with Crippen molar-refractivity contribution in [2.24, 2.45) is 0 Å². The van der Waals surface area contributed by atoms with E-state index in [1.54, 1.807) is 7.11 Å². The summed E-state index contributed by atoms with van der Waals surface area (Å²) in [6.07, 6.45) is 2.17. The van der Waals surface area contributed by atoms with Crippen molar-refractivity contribution >= 4 is 5.91 Å². The van der Waals surface area contributed by atoms with Gasteiger partial charge in [0.25, 0.3) is 0 Å². The summed E-state index contributed by atoms with van der Waals surface area (Å²) in [5.74, 6) is 2.53. The number of carbonyl (C=O) groups excluding carboxylic acids is 1. The van der Waals surface area contributed by atoms with E-state index in [1.807, 2.05) is 43.3 Å². The second-order valence-corrected chi connectivity index (χ2v) is 6.76. The number of ether oxygens (including phenoxy) is 3. The number of hydrogen-bond acceptors (Lipinski definition) is 4. The molecule has 144 valence electrons. The zero-order valence-corrected chi connectivity index (χ0v) is 16.2. The molecule has 3 rings (SSSR count). The molecule has 1 heterocycles. The Morgan fingerprint density at radius 3 is 2.93 bits per heavy atom. The van der Waals surface area contributed by atoms with Gasteiger partial charge in [0.1, 0.15) is 23.4 Å². The molecule has 0 radical (unpaired) electrons. The monoisotopic (exact) mass is 369 g/mol. The van der Waals surface area contributed by atoms with Crippen molar-refractivity contribution in [2.45, 2.75) is 45.8 Å². The standard InChI is InChI=1S/C22H27NO4/c1-4-26-20-12-17-10-15(2)27-21(17)13-18(20)14-23-22(24)9-8-16-6-5-7-19(11-16)25-3/h5-7,11-13,15H,4,8-10,14H2,1-3H3,(H,23,24). The summed E-state index contributed by atoms with van der Waals surface area (Å²) in [6, 6.07) is 11.8.